The van der Waals surface area contributed by atoms with E-state index in [1.165, 1.54) is 26.0 Å². The van der Waals surface area contributed by atoms with E-state index in [0.717, 1.165) is 6.92 Å². The molecule has 0 aliphatic carbocycles. The largest absolute Gasteiger partial charge is 0.460 e. The second-order valence-corrected chi connectivity index (χ2v) is 10.4. The summed E-state index contributed by atoms with van der Waals surface area (Å²) in [6, 6.07) is 0. The lowest BCUT2D eigenvalue weighted by molar-refractivity contribution is -0.162. The number of hydrogen-bond donors (Lipinski definition) is 1. The van der Waals surface area contributed by atoms with Gasteiger partial charge in [-0.25, -0.2) is 0 Å². The van der Waals surface area contributed by atoms with E-state index in [1.54, 1.807) is 13.0 Å². The van der Waals surface area contributed by atoms with Crippen molar-refractivity contribution < 1.29 is 52.8 Å². The average Bonchev–Trinajstić information content (AvgIpc) is 3.26. The number of rotatable bonds is 9. The summed E-state index contributed by atoms with van der Waals surface area (Å²) in [6.45, 7) is 8.58. The summed E-state index contributed by atoms with van der Waals surface area (Å²) in [6.07, 6.45) is 0.757. The maximum absolute atomic E-state index is 13.0. The van der Waals surface area contributed by atoms with Crippen LogP contribution in [0.4, 0.5) is 0 Å². The van der Waals surface area contributed by atoms with Crippen molar-refractivity contribution in [2.24, 2.45) is 0 Å². The predicted octanol–water partition coefficient (Wildman–Crippen LogP) is 3.52. The minimum atomic E-state index is -1.25. The highest BCUT2D eigenvalue weighted by Gasteiger charge is 2.42. The topological polar surface area (TPSA) is 152 Å². The van der Waals surface area contributed by atoms with Crippen molar-refractivity contribution in [1.82, 2.24) is 0 Å². The molecule has 0 aromatic rings. The Kier molecular flexibility index (Phi) is 13.4. The summed E-state index contributed by atoms with van der Waals surface area (Å²) >= 11 is 6.37. The van der Waals surface area contributed by atoms with Gasteiger partial charge in [-0.2, -0.15) is 0 Å². The molecular weight excluding hydrogens is 560 g/mol. The van der Waals surface area contributed by atoms with Crippen molar-refractivity contribution in [2.75, 3.05) is 6.61 Å². The van der Waals surface area contributed by atoms with E-state index in [4.69, 9.17) is 35.3 Å². The Labute approximate surface area is 244 Å². The first kappa shape index (κ1) is 33.9. The van der Waals surface area contributed by atoms with Crippen LogP contribution in [-0.2, 0) is 47.7 Å². The molecular formula is C29H37ClO11. The van der Waals surface area contributed by atoms with E-state index >= 15 is 0 Å². The highest BCUT2D eigenvalue weighted by atomic mass is 35.5. The lowest BCUT2D eigenvalue weighted by Crippen LogP contribution is -2.37. The third kappa shape index (κ3) is 12.0. The number of carbonyl (C=O) groups excluding carboxylic acids is 5. The molecule has 1 fully saturated rings. The van der Waals surface area contributed by atoms with Crippen LogP contribution in [-0.4, -0.2) is 71.9 Å². The Morgan fingerprint density at radius 3 is 2.51 bits per heavy atom. The number of halogens is 1. The normalized spacial score (nSPS) is 27.1. The molecule has 2 rings (SSSR count). The summed E-state index contributed by atoms with van der Waals surface area (Å²) in [5.74, 6) is -3.05. The van der Waals surface area contributed by atoms with Crippen LogP contribution in [0, 0.1) is 0 Å². The summed E-state index contributed by atoms with van der Waals surface area (Å²) in [4.78, 5) is 59.8. The van der Waals surface area contributed by atoms with Crippen molar-refractivity contribution in [3.05, 3.63) is 46.7 Å². The first-order valence-electron chi connectivity index (χ1n) is 13.2. The Morgan fingerprint density at radius 1 is 1.17 bits per heavy atom. The molecule has 0 spiro atoms. The number of hydrogen-bond acceptors (Lipinski definition) is 11. The van der Waals surface area contributed by atoms with Crippen molar-refractivity contribution in [3.63, 3.8) is 0 Å². The lowest BCUT2D eigenvalue weighted by atomic mass is 10.0. The summed E-state index contributed by atoms with van der Waals surface area (Å²) in [5.41, 5.74) is 0.628. The molecule has 0 radical (unpaired) electrons. The molecule has 0 aromatic heterocycles. The smallest absolute Gasteiger partial charge is 0.310 e. The maximum atomic E-state index is 13.0. The monoisotopic (exact) mass is 596 g/mol. The molecule has 0 aromatic carbocycles. The highest BCUT2D eigenvalue weighted by molar-refractivity contribution is 6.29. The van der Waals surface area contributed by atoms with Gasteiger partial charge in [0.2, 0.25) is 0 Å². The third-order valence-corrected chi connectivity index (χ3v) is 6.56. The molecule has 1 saturated heterocycles. The number of esters is 4. The Bertz CT molecular complexity index is 1120. The second kappa shape index (κ2) is 16.2. The van der Waals surface area contributed by atoms with Crippen LogP contribution in [0.2, 0.25) is 0 Å². The van der Waals surface area contributed by atoms with Gasteiger partial charge in [0.15, 0.2) is 11.9 Å². The molecule has 11 nitrogen and oxygen atoms in total. The van der Waals surface area contributed by atoms with Gasteiger partial charge in [-0.05, 0) is 39.2 Å². The molecule has 12 heteroatoms. The fourth-order valence-corrected chi connectivity index (χ4v) is 4.43. The van der Waals surface area contributed by atoms with E-state index in [0.29, 0.717) is 23.4 Å². The van der Waals surface area contributed by atoms with Crippen molar-refractivity contribution >= 4 is 41.3 Å². The zero-order valence-corrected chi connectivity index (χ0v) is 24.4. The molecule has 5 atom stereocenters. The molecule has 1 N–H and O–H groups in total. The van der Waals surface area contributed by atoms with Gasteiger partial charge in [0, 0.05) is 30.9 Å². The highest BCUT2D eigenvalue weighted by Crippen LogP contribution is 2.32. The van der Waals surface area contributed by atoms with E-state index < -0.39 is 54.7 Å². The van der Waals surface area contributed by atoms with Crippen molar-refractivity contribution in [2.45, 2.75) is 96.7 Å². The third-order valence-electron chi connectivity index (χ3n) is 6.22. The first-order valence-corrected chi connectivity index (χ1v) is 13.6. The first-order chi connectivity index (χ1) is 19.2. The van der Waals surface area contributed by atoms with Crippen LogP contribution >= 0.6 is 11.6 Å². The number of aliphatic hydroxyl groups excluding tert-OH is 1. The minimum absolute atomic E-state index is 0.0307. The van der Waals surface area contributed by atoms with Gasteiger partial charge < -0.3 is 28.8 Å². The molecule has 1 unspecified atom stereocenters. The molecule has 2 aliphatic heterocycles. The van der Waals surface area contributed by atoms with Gasteiger partial charge in [0.05, 0.1) is 18.9 Å². The fraction of sp³-hybridized carbons (Fsp3) is 0.552. The Hall–Kier alpha value is -3.28. The Balaban J connectivity index is 2.22. The van der Waals surface area contributed by atoms with E-state index in [1.807, 2.05) is 0 Å². The number of aliphatic hydroxyl groups is 1. The van der Waals surface area contributed by atoms with Gasteiger partial charge in [-0.15, -0.1) is 0 Å². The molecule has 2 aliphatic rings. The van der Waals surface area contributed by atoms with E-state index in [-0.39, 0.29) is 49.1 Å². The molecule has 41 heavy (non-hydrogen) atoms. The number of ether oxygens (including phenoxy) is 5. The van der Waals surface area contributed by atoms with Crippen LogP contribution in [0.1, 0.15) is 66.2 Å². The number of Topliss-reactive ketones (excluding diaryl/α,β-unsaturated/α-hetero) is 1. The van der Waals surface area contributed by atoms with Gasteiger partial charge in [-0.3, -0.25) is 24.0 Å². The SMILES string of the molecule is C=C(COC(=O)C/C(C)=C/[C@@H](O)[C@H]1O[C@@H]2CC/C(Cl)=C/C/C=C(\OC(C)=O)C(OC(C)=O)CC(=O)O[C@@H]1C2)C(C)=O. The van der Waals surface area contributed by atoms with Crippen molar-refractivity contribution in [3.8, 4) is 0 Å². The van der Waals surface area contributed by atoms with Gasteiger partial charge in [0.1, 0.15) is 30.7 Å². The molecule has 0 amide bonds. The zero-order valence-electron chi connectivity index (χ0n) is 23.7. The van der Waals surface area contributed by atoms with Crippen LogP contribution in [0.25, 0.3) is 0 Å². The number of allylic oxidation sites excluding steroid dienone is 3. The Morgan fingerprint density at radius 2 is 1.88 bits per heavy atom. The molecule has 226 valence electrons. The van der Waals surface area contributed by atoms with Crippen molar-refractivity contribution in [1.29, 1.82) is 0 Å². The lowest BCUT2D eigenvalue weighted by Gasteiger charge is -2.24. The van der Waals surface area contributed by atoms with Gasteiger partial charge >= 0.3 is 23.9 Å². The van der Waals surface area contributed by atoms with Crippen LogP contribution < -0.4 is 0 Å². The zero-order chi connectivity index (χ0) is 30.7. The predicted molar refractivity (Wildman–Crippen MR) is 146 cm³/mol. The molecule has 2 heterocycles. The van der Waals surface area contributed by atoms with Crippen LogP contribution in [0.3, 0.4) is 0 Å². The van der Waals surface area contributed by atoms with Gasteiger partial charge in [-0.1, -0.05) is 35.9 Å². The number of carbonyl (C=O) groups is 5. The minimum Gasteiger partial charge on any atom is -0.460 e. The fourth-order valence-electron chi connectivity index (χ4n) is 4.23. The molecule has 0 saturated carbocycles. The van der Waals surface area contributed by atoms with E-state index in [9.17, 15) is 29.1 Å². The average molecular weight is 597 g/mol. The second-order valence-electron chi connectivity index (χ2n) is 9.92. The van der Waals surface area contributed by atoms with Crippen LogP contribution in [0.15, 0.2) is 46.7 Å². The summed E-state index contributed by atoms with van der Waals surface area (Å²) < 4.78 is 27.2. The standard InChI is InChI=1S/C29H37ClO11/c1-16(12-27(35)37-15-17(2)18(3)31)11-23(34)29-26-13-22(40-29)10-9-21(30)7-6-8-24(38-19(4)32)25(39-20(5)33)14-28(36)41-26/h7-8,11,22-23,25-26,29,34H,2,6,9-10,12-15H2,1,3-5H3/b16-11+,21-7-,24-8-/t22-,23-,25?,26-,29-/m1/s1. The molecule has 2 bridgehead atoms. The number of ketones is 1. The summed E-state index contributed by atoms with van der Waals surface area (Å²) in [5, 5.41) is 11.5. The summed E-state index contributed by atoms with van der Waals surface area (Å²) in [7, 11) is 0. The quantitative estimate of drug-likeness (QED) is 0.180. The van der Waals surface area contributed by atoms with E-state index in [2.05, 4.69) is 6.58 Å². The maximum Gasteiger partial charge on any atom is 0.310 e. The van der Waals surface area contributed by atoms with Crippen LogP contribution in [0.5, 0.6) is 0 Å². The number of fused-ring (bicyclic) bond motifs is 2. The van der Waals surface area contributed by atoms with Gasteiger partial charge in [0.25, 0.3) is 0 Å².